The van der Waals surface area contributed by atoms with Crippen LogP contribution in [-0.4, -0.2) is 132 Å². The summed E-state index contributed by atoms with van der Waals surface area (Å²) in [5.41, 5.74) is -1.57. The number of carbonyl (C=O) groups excluding carboxylic acids is 1. The second-order valence-corrected chi connectivity index (χ2v) is 20.1. The number of ether oxygens (including phenoxy) is 4. The Labute approximate surface area is 326 Å². The summed E-state index contributed by atoms with van der Waals surface area (Å²) in [5.74, 6) is -0.727. The lowest BCUT2D eigenvalue weighted by Crippen LogP contribution is -2.67. The summed E-state index contributed by atoms with van der Waals surface area (Å²) in [4.78, 5) is 14.6. The number of hydrogen-bond donors (Lipinski definition) is 8. The van der Waals surface area contributed by atoms with Crippen molar-refractivity contribution < 1.29 is 64.6 Å². The molecule has 8 N–H and O–H groups in total. The van der Waals surface area contributed by atoms with Crippen LogP contribution in [0.2, 0.25) is 0 Å². The molecular formula is C42H70O13. The number of ketones is 1. The first kappa shape index (κ1) is 43.5. The number of aliphatic hydroxyl groups is 8. The van der Waals surface area contributed by atoms with Crippen LogP contribution < -0.4 is 0 Å². The smallest absolute Gasteiger partial charge is 0.187 e. The Kier molecular flexibility index (Phi) is 12.0. The topological polar surface area (TPSA) is 216 Å². The zero-order valence-corrected chi connectivity index (χ0v) is 34.3. The number of allylic oxidation sites excluding steroid dienone is 2. The van der Waals surface area contributed by atoms with Gasteiger partial charge in [0.05, 0.1) is 30.5 Å². The maximum absolute atomic E-state index is 14.6. The van der Waals surface area contributed by atoms with Crippen LogP contribution in [0.5, 0.6) is 0 Å². The van der Waals surface area contributed by atoms with Gasteiger partial charge < -0.3 is 59.8 Å². The number of hydrogen-bond acceptors (Lipinski definition) is 13. The highest BCUT2D eigenvalue weighted by Crippen LogP contribution is 2.75. The molecule has 2 heterocycles. The summed E-state index contributed by atoms with van der Waals surface area (Å²) in [6, 6.07) is 0. The molecule has 0 aromatic heterocycles. The van der Waals surface area contributed by atoms with Crippen LogP contribution in [0.4, 0.5) is 0 Å². The molecule has 0 aromatic carbocycles. The van der Waals surface area contributed by atoms with Crippen LogP contribution >= 0.6 is 0 Å². The second kappa shape index (κ2) is 15.2. The molecule has 0 spiro atoms. The van der Waals surface area contributed by atoms with Gasteiger partial charge in [0, 0.05) is 18.3 Å². The molecule has 2 aliphatic heterocycles. The molecule has 6 fully saturated rings. The Morgan fingerprint density at radius 1 is 0.855 bits per heavy atom. The van der Waals surface area contributed by atoms with Crippen molar-refractivity contribution in [1.29, 1.82) is 0 Å². The van der Waals surface area contributed by atoms with Crippen LogP contribution in [0.15, 0.2) is 11.6 Å². The average Bonchev–Trinajstić information content (AvgIpc) is 3.40. The molecule has 4 saturated carbocycles. The normalized spacial score (nSPS) is 52.1. The number of fused-ring (bicyclic) bond motifs is 5. The molecule has 0 radical (unpaired) electrons. The summed E-state index contributed by atoms with van der Waals surface area (Å²) < 4.78 is 24.4. The second-order valence-electron chi connectivity index (χ2n) is 20.1. The molecule has 0 bridgehead atoms. The molecule has 2 saturated heterocycles. The van der Waals surface area contributed by atoms with Crippen molar-refractivity contribution in [1.82, 2.24) is 0 Å². The number of carbonyl (C=O) groups is 1. The first-order valence-corrected chi connectivity index (χ1v) is 20.7. The predicted octanol–water partition coefficient (Wildman–Crippen LogP) is 2.36. The quantitative estimate of drug-likeness (QED) is 0.125. The van der Waals surface area contributed by atoms with E-state index >= 15 is 0 Å². The van der Waals surface area contributed by atoms with Gasteiger partial charge in [-0.15, -0.1) is 0 Å². The Balaban J connectivity index is 1.24. The molecule has 6 rings (SSSR count). The zero-order valence-electron chi connectivity index (χ0n) is 34.3. The van der Waals surface area contributed by atoms with Gasteiger partial charge in [-0.25, -0.2) is 0 Å². The highest BCUT2D eigenvalue weighted by Gasteiger charge is 2.73. The van der Waals surface area contributed by atoms with Gasteiger partial charge in [0.25, 0.3) is 0 Å². The largest absolute Gasteiger partial charge is 0.394 e. The van der Waals surface area contributed by atoms with Gasteiger partial charge in [0.15, 0.2) is 12.6 Å². The third-order valence-electron chi connectivity index (χ3n) is 16.3. The molecule has 13 nitrogen and oxygen atoms in total. The van der Waals surface area contributed by atoms with Crippen LogP contribution in [0.3, 0.4) is 0 Å². The van der Waals surface area contributed by atoms with Crippen molar-refractivity contribution in [2.75, 3.05) is 6.61 Å². The van der Waals surface area contributed by atoms with E-state index in [0.29, 0.717) is 32.1 Å². The van der Waals surface area contributed by atoms with Gasteiger partial charge in [-0.05, 0) is 106 Å². The van der Waals surface area contributed by atoms with Crippen molar-refractivity contribution in [3.8, 4) is 0 Å². The maximum Gasteiger partial charge on any atom is 0.187 e. The predicted molar refractivity (Wildman–Crippen MR) is 200 cm³/mol. The molecule has 6 aliphatic rings. The van der Waals surface area contributed by atoms with Crippen molar-refractivity contribution >= 4 is 5.78 Å². The number of aliphatic hydroxyl groups excluding tert-OH is 7. The first-order chi connectivity index (χ1) is 25.5. The lowest BCUT2D eigenvalue weighted by atomic mass is 9.35. The molecule has 316 valence electrons. The molecule has 13 heteroatoms. The van der Waals surface area contributed by atoms with Crippen LogP contribution in [0.1, 0.15) is 114 Å². The third kappa shape index (κ3) is 7.01. The standard InChI is InChI=1S/C42H70O13/c1-20(2)11-10-14-42(9,51)29-23(45)18-41(8)28(29)22(44)17-26-39(6)15-13-27(38(4,5)25(39)12-16-40(26,41)7)54-37-35(33(49)31(47)24(19-43)53-37)55-36-34(50)32(48)30(46)21(3)52-36/h11,21,23-37,43,45-51H,10,12-19H2,1-9H3/t21-,23-,24+,25+,26+,27-,28-,29-,30-,31+,32+,33-,34+,35+,36-,37-,39-,40+,41+,42-/m0/s1. The highest BCUT2D eigenvalue weighted by atomic mass is 16.8. The lowest BCUT2D eigenvalue weighted by molar-refractivity contribution is -0.376. The minimum Gasteiger partial charge on any atom is -0.394 e. The Morgan fingerprint density at radius 2 is 1.53 bits per heavy atom. The van der Waals surface area contributed by atoms with E-state index in [1.807, 2.05) is 13.8 Å². The third-order valence-corrected chi connectivity index (χ3v) is 16.3. The van der Waals surface area contributed by atoms with E-state index in [9.17, 15) is 45.6 Å². The molecule has 0 aromatic rings. The monoisotopic (exact) mass is 782 g/mol. The zero-order chi connectivity index (χ0) is 40.8. The molecule has 4 aliphatic carbocycles. The van der Waals surface area contributed by atoms with E-state index in [-0.39, 0.29) is 28.4 Å². The Hall–Kier alpha value is -1.07. The van der Waals surface area contributed by atoms with Gasteiger partial charge in [-0.3, -0.25) is 4.79 Å². The molecule has 20 atom stereocenters. The van der Waals surface area contributed by atoms with Gasteiger partial charge in [0.1, 0.15) is 48.5 Å². The minimum atomic E-state index is -1.67. The van der Waals surface area contributed by atoms with Crippen molar-refractivity contribution in [2.24, 2.45) is 45.3 Å². The molecule has 55 heavy (non-hydrogen) atoms. The Bertz CT molecular complexity index is 1430. The van der Waals surface area contributed by atoms with Gasteiger partial charge in [-0.1, -0.05) is 46.3 Å². The maximum atomic E-state index is 14.6. The van der Waals surface area contributed by atoms with E-state index in [1.165, 1.54) is 12.5 Å². The van der Waals surface area contributed by atoms with Gasteiger partial charge in [-0.2, -0.15) is 0 Å². The van der Waals surface area contributed by atoms with E-state index in [0.717, 1.165) is 19.3 Å². The average molecular weight is 783 g/mol. The fourth-order valence-electron chi connectivity index (χ4n) is 13.0. The summed E-state index contributed by atoms with van der Waals surface area (Å²) in [6.45, 7) is 17.9. The minimum absolute atomic E-state index is 0.0285. The molecule has 0 amide bonds. The van der Waals surface area contributed by atoms with Gasteiger partial charge in [0.2, 0.25) is 0 Å². The summed E-state index contributed by atoms with van der Waals surface area (Å²) in [5, 5.41) is 87.1. The van der Waals surface area contributed by atoms with Crippen molar-refractivity contribution in [3.05, 3.63) is 11.6 Å². The number of Topliss-reactive ketones (excluding diaryl/α,β-unsaturated/α-hetero) is 1. The highest BCUT2D eigenvalue weighted by molar-refractivity contribution is 5.84. The lowest BCUT2D eigenvalue weighted by Gasteiger charge is -2.69. The van der Waals surface area contributed by atoms with Gasteiger partial charge >= 0.3 is 0 Å². The van der Waals surface area contributed by atoms with E-state index < -0.39 is 108 Å². The van der Waals surface area contributed by atoms with E-state index in [1.54, 1.807) is 6.92 Å². The first-order valence-electron chi connectivity index (χ1n) is 20.7. The van der Waals surface area contributed by atoms with E-state index in [4.69, 9.17) is 18.9 Å². The molecule has 0 unspecified atom stereocenters. The summed E-state index contributed by atoms with van der Waals surface area (Å²) in [7, 11) is 0. The number of rotatable bonds is 9. The summed E-state index contributed by atoms with van der Waals surface area (Å²) >= 11 is 0. The molecular weight excluding hydrogens is 712 g/mol. The van der Waals surface area contributed by atoms with Crippen molar-refractivity contribution in [3.63, 3.8) is 0 Å². The van der Waals surface area contributed by atoms with E-state index in [2.05, 4.69) is 40.7 Å². The fourth-order valence-corrected chi connectivity index (χ4v) is 13.0. The van der Waals surface area contributed by atoms with Crippen molar-refractivity contribution in [2.45, 2.75) is 193 Å². The van der Waals surface area contributed by atoms with Crippen LogP contribution in [0.25, 0.3) is 0 Å². The van der Waals surface area contributed by atoms with Crippen LogP contribution in [0, 0.1) is 45.3 Å². The Morgan fingerprint density at radius 3 is 2.16 bits per heavy atom. The van der Waals surface area contributed by atoms with Crippen LogP contribution in [-0.2, 0) is 23.7 Å². The summed E-state index contributed by atoms with van der Waals surface area (Å²) in [6.07, 6.45) is -8.21. The fraction of sp³-hybridized carbons (Fsp3) is 0.929. The SMILES string of the molecule is CC(C)=CCC[C@](C)(O)[C@H]1[C@@H](O)C[C@]2(C)[C@H]1C(=O)C[C@@H]1[C@@]3(C)CC[C@H](O[C@@H]4O[C@H](CO)[C@@H](O)[C@H](O)[C@H]4O[C@@H]4O[C@@H](C)[C@H](O)[C@@H](O)[C@H]4O)C(C)(C)[C@H]3CC[C@]12C.